The van der Waals surface area contributed by atoms with Crippen molar-refractivity contribution in [1.82, 2.24) is 5.32 Å². The predicted molar refractivity (Wildman–Crippen MR) is 149 cm³/mol. The van der Waals surface area contributed by atoms with Crippen LogP contribution in [0.15, 0.2) is 42.0 Å². The number of nitrogens with zero attached hydrogens (tertiary/aromatic N) is 1. The lowest BCUT2D eigenvalue weighted by molar-refractivity contribution is -0.122. The topological polar surface area (TPSA) is 86.7 Å². The van der Waals surface area contributed by atoms with Crippen molar-refractivity contribution in [2.24, 2.45) is 17.8 Å². The van der Waals surface area contributed by atoms with E-state index in [1.165, 1.54) is 50.2 Å². The number of hydrogen-bond donors (Lipinski definition) is 2. The number of rotatable bonds is 3. The normalized spacial score (nSPS) is 30.8. The standard InChI is InChI=1S/C27H24I2N2O4/c28-21-9-14(10-22(29)23(21)32)8-20-24(33)30-26(35)31(25(20)34)19-3-1-18(2-4-19)27-11-15-5-16(12-27)7-17(6-15)13-27/h1-4,8-10,15-17,32H,5-7,11-13H2,(H,30,33,35)/b20-8+. The summed E-state index contributed by atoms with van der Waals surface area (Å²) in [5.41, 5.74) is 2.48. The number of anilines is 1. The minimum absolute atomic E-state index is 0.118. The number of carbonyl (C=O) groups is 3. The highest BCUT2D eigenvalue weighted by molar-refractivity contribution is 14.1. The summed E-state index contributed by atoms with van der Waals surface area (Å²) in [5.74, 6) is 1.28. The Bertz CT molecular complexity index is 1240. The summed E-state index contributed by atoms with van der Waals surface area (Å²) in [6.45, 7) is 0. The van der Waals surface area contributed by atoms with E-state index in [2.05, 4.69) is 17.4 Å². The molecule has 2 aromatic carbocycles. The molecule has 35 heavy (non-hydrogen) atoms. The van der Waals surface area contributed by atoms with Crippen LogP contribution in [0.2, 0.25) is 0 Å². The molecule has 8 heteroatoms. The summed E-state index contributed by atoms with van der Waals surface area (Å²) in [7, 11) is 0. The van der Waals surface area contributed by atoms with Crippen molar-refractivity contribution >= 4 is 74.8 Å². The van der Waals surface area contributed by atoms with Gasteiger partial charge in [0.2, 0.25) is 0 Å². The minimum atomic E-state index is -0.741. The number of barbiturate groups is 1. The smallest absolute Gasteiger partial charge is 0.335 e. The lowest BCUT2D eigenvalue weighted by atomic mass is 9.48. The van der Waals surface area contributed by atoms with Crippen LogP contribution in [0.1, 0.15) is 49.7 Å². The van der Waals surface area contributed by atoms with Gasteiger partial charge in [-0.15, -0.1) is 0 Å². The van der Waals surface area contributed by atoms with E-state index in [1.54, 1.807) is 12.1 Å². The van der Waals surface area contributed by atoms with E-state index in [4.69, 9.17) is 0 Å². The monoisotopic (exact) mass is 694 g/mol. The van der Waals surface area contributed by atoms with Gasteiger partial charge in [0.1, 0.15) is 11.3 Å². The Balaban J connectivity index is 1.30. The fourth-order valence-corrected chi connectivity index (χ4v) is 8.97. The van der Waals surface area contributed by atoms with E-state index < -0.39 is 17.8 Å². The third-order valence-corrected chi connectivity index (χ3v) is 9.87. The number of imide groups is 2. The molecule has 0 atom stereocenters. The van der Waals surface area contributed by atoms with Gasteiger partial charge in [-0.2, -0.15) is 0 Å². The van der Waals surface area contributed by atoms with Crippen LogP contribution < -0.4 is 10.2 Å². The lowest BCUT2D eigenvalue weighted by Gasteiger charge is -2.57. The second kappa shape index (κ2) is 8.57. The number of amides is 4. The van der Waals surface area contributed by atoms with Crippen molar-refractivity contribution in [3.63, 3.8) is 0 Å². The van der Waals surface area contributed by atoms with Gasteiger partial charge in [-0.1, -0.05) is 12.1 Å². The number of halogens is 2. The van der Waals surface area contributed by atoms with Gasteiger partial charge in [0, 0.05) is 0 Å². The van der Waals surface area contributed by atoms with Gasteiger partial charge in [0.25, 0.3) is 11.8 Å². The molecule has 0 aromatic heterocycles. The molecule has 7 rings (SSSR count). The fraction of sp³-hybridized carbons (Fsp3) is 0.370. The Morgan fingerprint density at radius 3 is 2.00 bits per heavy atom. The molecule has 4 bridgehead atoms. The first-order valence-electron chi connectivity index (χ1n) is 11.9. The zero-order valence-electron chi connectivity index (χ0n) is 18.9. The van der Waals surface area contributed by atoms with E-state index in [0.29, 0.717) is 18.4 Å². The summed E-state index contributed by atoms with van der Waals surface area (Å²) >= 11 is 4.00. The second-order valence-electron chi connectivity index (χ2n) is 10.5. The fourth-order valence-electron chi connectivity index (χ4n) is 7.16. The summed E-state index contributed by atoms with van der Waals surface area (Å²) in [5, 5.41) is 12.3. The zero-order chi connectivity index (χ0) is 24.5. The van der Waals surface area contributed by atoms with Crippen LogP contribution in [0.25, 0.3) is 6.08 Å². The number of carbonyl (C=O) groups excluding carboxylic acids is 3. The third kappa shape index (κ3) is 4.00. The number of phenols is 1. The maximum absolute atomic E-state index is 13.3. The molecule has 1 aliphatic heterocycles. The van der Waals surface area contributed by atoms with Crippen LogP contribution >= 0.6 is 45.2 Å². The van der Waals surface area contributed by atoms with Crippen LogP contribution in [0.3, 0.4) is 0 Å². The largest absolute Gasteiger partial charge is 0.506 e. The molecule has 4 saturated carbocycles. The number of phenolic OH excluding ortho intramolecular Hbond substituents is 1. The molecule has 5 fully saturated rings. The van der Waals surface area contributed by atoms with Crippen molar-refractivity contribution in [2.75, 3.05) is 4.90 Å². The van der Waals surface area contributed by atoms with Gasteiger partial charge in [-0.05, 0) is 148 Å². The molecule has 180 valence electrons. The first-order valence-corrected chi connectivity index (χ1v) is 14.1. The Hall–Kier alpha value is -1.95. The number of urea groups is 1. The number of hydrogen-bond acceptors (Lipinski definition) is 4. The average molecular weight is 694 g/mol. The molecule has 4 aliphatic carbocycles. The van der Waals surface area contributed by atoms with Crippen LogP contribution in [-0.2, 0) is 15.0 Å². The van der Waals surface area contributed by atoms with Gasteiger partial charge >= 0.3 is 6.03 Å². The van der Waals surface area contributed by atoms with Gasteiger partial charge in [-0.25, -0.2) is 9.69 Å². The van der Waals surface area contributed by atoms with E-state index in [0.717, 1.165) is 22.7 Å². The highest BCUT2D eigenvalue weighted by atomic mass is 127. The van der Waals surface area contributed by atoms with Crippen molar-refractivity contribution < 1.29 is 19.5 Å². The first kappa shape index (κ1) is 23.4. The molecule has 2 aromatic rings. The van der Waals surface area contributed by atoms with Gasteiger partial charge in [0.15, 0.2) is 0 Å². The predicted octanol–water partition coefficient (Wildman–Crippen LogP) is 5.74. The van der Waals surface area contributed by atoms with Crippen molar-refractivity contribution in [2.45, 2.75) is 43.9 Å². The molecule has 0 unspecified atom stereocenters. The summed E-state index contributed by atoms with van der Waals surface area (Å²) < 4.78 is 1.22. The molecule has 5 aliphatic rings. The maximum atomic E-state index is 13.3. The van der Waals surface area contributed by atoms with Crippen LogP contribution in [-0.4, -0.2) is 23.0 Å². The third-order valence-electron chi connectivity index (χ3n) is 8.23. The van der Waals surface area contributed by atoms with Crippen LogP contribution in [0, 0.1) is 24.9 Å². The Labute approximate surface area is 230 Å². The second-order valence-corrected chi connectivity index (χ2v) is 12.9. The quantitative estimate of drug-likeness (QED) is 0.244. The summed E-state index contributed by atoms with van der Waals surface area (Å²) in [6, 6.07) is 10.5. The molecule has 1 saturated heterocycles. The lowest BCUT2D eigenvalue weighted by Crippen LogP contribution is -2.54. The molecular weight excluding hydrogens is 670 g/mol. The van der Waals surface area contributed by atoms with Crippen LogP contribution in [0.4, 0.5) is 10.5 Å². The average Bonchev–Trinajstić information content (AvgIpc) is 2.79. The zero-order valence-corrected chi connectivity index (χ0v) is 23.2. The highest BCUT2D eigenvalue weighted by Crippen LogP contribution is 2.60. The number of nitrogens with one attached hydrogen (secondary N) is 1. The molecule has 1 heterocycles. The Morgan fingerprint density at radius 1 is 0.914 bits per heavy atom. The summed E-state index contributed by atoms with van der Waals surface area (Å²) in [6.07, 6.45) is 9.32. The maximum Gasteiger partial charge on any atom is 0.335 e. The van der Waals surface area contributed by atoms with Gasteiger partial charge in [0.05, 0.1) is 12.8 Å². The summed E-state index contributed by atoms with van der Waals surface area (Å²) in [4.78, 5) is 39.6. The van der Waals surface area contributed by atoms with Crippen LogP contribution in [0.5, 0.6) is 5.75 Å². The van der Waals surface area contributed by atoms with E-state index in [-0.39, 0.29) is 16.7 Å². The molecule has 2 N–H and O–H groups in total. The van der Waals surface area contributed by atoms with E-state index in [9.17, 15) is 19.5 Å². The molecule has 6 nitrogen and oxygen atoms in total. The number of benzene rings is 2. The molecular formula is C27H24I2N2O4. The Morgan fingerprint density at radius 2 is 1.46 bits per heavy atom. The van der Waals surface area contributed by atoms with Crippen molar-refractivity contribution in [3.8, 4) is 5.75 Å². The number of aromatic hydroxyl groups is 1. The van der Waals surface area contributed by atoms with Gasteiger partial charge < -0.3 is 5.11 Å². The Kier molecular flexibility index (Phi) is 5.74. The minimum Gasteiger partial charge on any atom is -0.506 e. The molecule has 0 spiro atoms. The van der Waals surface area contributed by atoms with Crippen molar-refractivity contribution in [1.29, 1.82) is 0 Å². The molecule has 4 amide bonds. The molecule has 0 radical (unpaired) electrons. The first-order chi connectivity index (χ1) is 16.7. The van der Waals surface area contributed by atoms with Gasteiger partial charge in [-0.3, -0.25) is 14.9 Å². The highest BCUT2D eigenvalue weighted by Gasteiger charge is 2.51. The SMILES string of the molecule is O=C1NC(=O)N(c2ccc(C34CC5CC(CC(C5)C3)C4)cc2)C(=O)/C1=C/c1cc(I)c(O)c(I)c1. The van der Waals surface area contributed by atoms with E-state index >= 15 is 0 Å². The van der Waals surface area contributed by atoms with Crippen molar-refractivity contribution in [3.05, 3.63) is 60.2 Å². The van der Waals surface area contributed by atoms with E-state index in [1.807, 2.05) is 57.3 Å².